The number of benzene rings is 1. The van der Waals surface area contributed by atoms with Crippen molar-refractivity contribution in [3.05, 3.63) is 29.3 Å². The second-order valence-electron chi connectivity index (χ2n) is 4.72. The van der Waals surface area contributed by atoms with Gasteiger partial charge in [0, 0.05) is 32.0 Å². The first-order chi connectivity index (χ1) is 8.22. The molecule has 0 bridgehead atoms. The van der Waals surface area contributed by atoms with Crippen LogP contribution < -0.4 is 4.90 Å². The van der Waals surface area contributed by atoms with Gasteiger partial charge in [0.05, 0.1) is 6.61 Å². The van der Waals surface area contributed by atoms with Crippen molar-refractivity contribution in [2.45, 2.75) is 32.4 Å². The first kappa shape index (κ1) is 12.4. The van der Waals surface area contributed by atoms with E-state index in [0.717, 1.165) is 37.2 Å². The second-order valence-corrected chi connectivity index (χ2v) is 4.72. The van der Waals surface area contributed by atoms with E-state index in [4.69, 9.17) is 9.84 Å². The third kappa shape index (κ3) is 2.79. The Labute approximate surface area is 103 Å². The summed E-state index contributed by atoms with van der Waals surface area (Å²) in [4.78, 5) is 2.33. The summed E-state index contributed by atoms with van der Waals surface area (Å²) in [6.07, 6.45) is 2.19. The first-order valence-corrected chi connectivity index (χ1v) is 6.23. The van der Waals surface area contributed by atoms with Gasteiger partial charge in [-0.1, -0.05) is 6.07 Å². The lowest BCUT2D eigenvalue weighted by molar-refractivity contribution is 0.0855. The van der Waals surface area contributed by atoms with E-state index in [-0.39, 0.29) is 6.61 Å². The fraction of sp³-hybridized carbons (Fsp3) is 0.571. The zero-order valence-electron chi connectivity index (χ0n) is 10.6. The van der Waals surface area contributed by atoms with E-state index < -0.39 is 0 Å². The normalized spacial score (nSPS) is 17.1. The van der Waals surface area contributed by atoms with Gasteiger partial charge in [0.2, 0.25) is 0 Å². The molecule has 3 heteroatoms. The molecule has 0 aliphatic carbocycles. The highest BCUT2D eigenvalue weighted by Crippen LogP contribution is 2.23. The van der Waals surface area contributed by atoms with Crippen molar-refractivity contribution >= 4 is 5.69 Å². The van der Waals surface area contributed by atoms with Gasteiger partial charge in [-0.15, -0.1) is 0 Å². The minimum absolute atomic E-state index is 0.118. The molecule has 1 aliphatic rings. The summed E-state index contributed by atoms with van der Waals surface area (Å²) >= 11 is 0. The van der Waals surface area contributed by atoms with Crippen LogP contribution in [0.15, 0.2) is 18.2 Å². The molecule has 1 aromatic rings. The third-order valence-corrected chi connectivity index (χ3v) is 3.64. The van der Waals surface area contributed by atoms with Crippen LogP contribution in [0.25, 0.3) is 0 Å². The summed E-state index contributed by atoms with van der Waals surface area (Å²) in [6.45, 7) is 3.89. The summed E-state index contributed by atoms with van der Waals surface area (Å²) in [5, 5.41) is 9.17. The smallest absolute Gasteiger partial charge is 0.0684 e. The molecule has 0 radical (unpaired) electrons. The van der Waals surface area contributed by atoms with Crippen LogP contribution >= 0.6 is 0 Å². The molecule has 1 heterocycles. The molecule has 2 rings (SSSR count). The lowest BCUT2D eigenvalue weighted by Crippen LogP contribution is -2.36. The number of aliphatic hydroxyl groups is 1. The molecule has 1 aromatic carbocycles. The number of anilines is 1. The summed E-state index contributed by atoms with van der Waals surface area (Å²) in [7, 11) is 2.14. The van der Waals surface area contributed by atoms with Crippen molar-refractivity contribution in [3.63, 3.8) is 0 Å². The maximum atomic E-state index is 9.17. The minimum atomic E-state index is 0.118. The third-order valence-electron chi connectivity index (χ3n) is 3.64. The van der Waals surface area contributed by atoms with Gasteiger partial charge in [-0.25, -0.2) is 0 Å². The monoisotopic (exact) mass is 235 g/mol. The summed E-state index contributed by atoms with van der Waals surface area (Å²) in [5.41, 5.74) is 3.39. The van der Waals surface area contributed by atoms with Gasteiger partial charge >= 0.3 is 0 Å². The molecule has 0 amide bonds. The Balaban J connectivity index is 2.12. The zero-order valence-corrected chi connectivity index (χ0v) is 10.6. The molecule has 0 unspecified atom stereocenters. The number of hydrogen-bond acceptors (Lipinski definition) is 3. The maximum absolute atomic E-state index is 9.17. The predicted molar refractivity (Wildman–Crippen MR) is 69.3 cm³/mol. The lowest BCUT2D eigenvalue weighted by Gasteiger charge is -2.33. The van der Waals surface area contributed by atoms with E-state index in [2.05, 4.69) is 24.1 Å². The van der Waals surface area contributed by atoms with E-state index in [0.29, 0.717) is 6.04 Å². The fourth-order valence-corrected chi connectivity index (χ4v) is 2.36. The molecule has 1 fully saturated rings. The Morgan fingerprint density at radius 3 is 2.65 bits per heavy atom. The van der Waals surface area contributed by atoms with E-state index in [1.165, 1.54) is 5.69 Å². The average molecular weight is 235 g/mol. The van der Waals surface area contributed by atoms with Crippen LogP contribution in [0.1, 0.15) is 24.0 Å². The van der Waals surface area contributed by atoms with Gasteiger partial charge in [-0.2, -0.15) is 0 Å². The van der Waals surface area contributed by atoms with Crippen LogP contribution in [0.5, 0.6) is 0 Å². The van der Waals surface area contributed by atoms with Crippen molar-refractivity contribution in [3.8, 4) is 0 Å². The van der Waals surface area contributed by atoms with E-state index in [9.17, 15) is 0 Å². The highest BCUT2D eigenvalue weighted by Gasteiger charge is 2.18. The number of aryl methyl sites for hydroxylation is 1. The SMILES string of the molecule is Cc1cc(N(C)C2CCOCC2)ccc1CO. The van der Waals surface area contributed by atoms with Gasteiger partial charge < -0.3 is 14.7 Å². The second kappa shape index (κ2) is 5.52. The molecule has 0 atom stereocenters. The summed E-state index contributed by atoms with van der Waals surface area (Å²) < 4.78 is 5.39. The Morgan fingerprint density at radius 1 is 1.35 bits per heavy atom. The van der Waals surface area contributed by atoms with E-state index in [1.807, 2.05) is 13.0 Å². The molecule has 17 heavy (non-hydrogen) atoms. The summed E-state index contributed by atoms with van der Waals surface area (Å²) in [5.74, 6) is 0. The zero-order chi connectivity index (χ0) is 12.3. The highest BCUT2D eigenvalue weighted by atomic mass is 16.5. The Morgan fingerprint density at radius 2 is 2.06 bits per heavy atom. The Hall–Kier alpha value is -1.06. The number of nitrogens with zero attached hydrogens (tertiary/aromatic N) is 1. The topological polar surface area (TPSA) is 32.7 Å². The van der Waals surface area contributed by atoms with Crippen LogP contribution in [0.2, 0.25) is 0 Å². The largest absolute Gasteiger partial charge is 0.392 e. The van der Waals surface area contributed by atoms with Crippen LogP contribution in [-0.4, -0.2) is 31.4 Å². The van der Waals surface area contributed by atoms with Crippen LogP contribution in [0, 0.1) is 6.92 Å². The Bertz CT molecular complexity index is 372. The van der Waals surface area contributed by atoms with Gasteiger partial charge in [0.15, 0.2) is 0 Å². The molecule has 1 saturated heterocycles. The molecule has 1 aliphatic heterocycles. The van der Waals surface area contributed by atoms with Gasteiger partial charge in [0.1, 0.15) is 0 Å². The molecule has 0 spiro atoms. The first-order valence-electron chi connectivity index (χ1n) is 6.23. The molecule has 94 valence electrons. The molecule has 0 aromatic heterocycles. The summed E-state index contributed by atoms with van der Waals surface area (Å²) in [6, 6.07) is 6.83. The molecule has 3 nitrogen and oxygen atoms in total. The number of hydrogen-bond donors (Lipinski definition) is 1. The number of ether oxygens (including phenoxy) is 1. The maximum Gasteiger partial charge on any atom is 0.0684 e. The van der Waals surface area contributed by atoms with Crippen molar-refractivity contribution in [2.24, 2.45) is 0 Å². The molecular weight excluding hydrogens is 214 g/mol. The van der Waals surface area contributed by atoms with Crippen molar-refractivity contribution in [2.75, 3.05) is 25.2 Å². The minimum Gasteiger partial charge on any atom is -0.392 e. The standard InChI is InChI=1S/C14H21NO2/c1-11-9-14(4-3-12(11)10-16)15(2)13-5-7-17-8-6-13/h3-4,9,13,16H,5-8,10H2,1-2H3. The quantitative estimate of drug-likeness (QED) is 0.871. The molecule has 1 N–H and O–H groups in total. The number of rotatable bonds is 3. The van der Waals surface area contributed by atoms with E-state index in [1.54, 1.807) is 0 Å². The van der Waals surface area contributed by atoms with Crippen LogP contribution in [0.3, 0.4) is 0 Å². The highest BCUT2D eigenvalue weighted by molar-refractivity contribution is 5.51. The van der Waals surface area contributed by atoms with Crippen molar-refractivity contribution in [1.82, 2.24) is 0 Å². The lowest BCUT2D eigenvalue weighted by atomic mass is 10.0. The fourth-order valence-electron chi connectivity index (χ4n) is 2.36. The van der Waals surface area contributed by atoms with Crippen molar-refractivity contribution < 1.29 is 9.84 Å². The van der Waals surface area contributed by atoms with E-state index >= 15 is 0 Å². The van der Waals surface area contributed by atoms with Crippen molar-refractivity contribution in [1.29, 1.82) is 0 Å². The average Bonchev–Trinajstić information content (AvgIpc) is 2.39. The van der Waals surface area contributed by atoms with Gasteiger partial charge in [-0.3, -0.25) is 0 Å². The predicted octanol–water partition coefficient (Wildman–Crippen LogP) is 2.10. The van der Waals surface area contributed by atoms with Crippen LogP contribution in [0.4, 0.5) is 5.69 Å². The number of aliphatic hydroxyl groups excluding tert-OH is 1. The molecule has 0 saturated carbocycles. The Kier molecular flexibility index (Phi) is 4.02. The van der Waals surface area contributed by atoms with Gasteiger partial charge in [0.25, 0.3) is 0 Å². The van der Waals surface area contributed by atoms with Gasteiger partial charge in [-0.05, 0) is 43.0 Å². The molecular formula is C14H21NO2. The van der Waals surface area contributed by atoms with Crippen LogP contribution in [-0.2, 0) is 11.3 Å².